The molecule has 1 aromatic rings. The van der Waals surface area contributed by atoms with Crippen LogP contribution >= 0.6 is 0 Å². The summed E-state index contributed by atoms with van der Waals surface area (Å²) < 4.78 is 0. The highest BCUT2D eigenvalue weighted by Gasteiger charge is 2.26. The van der Waals surface area contributed by atoms with Gasteiger partial charge in [0.15, 0.2) is 0 Å². The monoisotopic (exact) mass is 261 g/mol. The van der Waals surface area contributed by atoms with Crippen LogP contribution in [0.15, 0.2) is 24.3 Å². The maximum atomic E-state index is 11.8. The molecular weight excluding hydrogens is 242 g/mol. The summed E-state index contributed by atoms with van der Waals surface area (Å²) in [7, 11) is 0. The zero-order valence-corrected chi connectivity index (χ0v) is 11.1. The third kappa shape index (κ3) is 3.20. The van der Waals surface area contributed by atoms with Crippen LogP contribution in [-0.2, 0) is 9.59 Å². The van der Waals surface area contributed by atoms with E-state index in [1.54, 1.807) is 0 Å². The van der Waals surface area contributed by atoms with Crippen molar-refractivity contribution >= 4 is 11.7 Å². The number of amides is 1. The van der Waals surface area contributed by atoms with Crippen LogP contribution in [0.2, 0.25) is 0 Å². The molecule has 4 heteroatoms. The number of hydrogen-bond donors (Lipinski definition) is 2. The lowest BCUT2D eigenvalue weighted by Gasteiger charge is -2.17. The second-order valence-corrected chi connectivity index (χ2v) is 5.02. The van der Waals surface area contributed by atoms with E-state index in [9.17, 15) is 14.7 Å². The molecule has 1 aliphatic carbocycles. The van der Waals surface area contributed by atoms with Gasteiger partial charge in [0.2, 0.25) is 5.91 Å². The van der Waals surface area contributed by atoms with Gasteiger partial charge in [0.25, 0.3) is 0 Å². The van der Waals surface area contributed by atoms with Crippen molar-refractivity contribution in [1.82, 2.24) is 5.32 Å². The van der Waals surface area contributed by atoms with Gasteiger partial charge in [0.1, 0.15) is 5.78 Å². The lowest BCUT2D eigenvalue weighted by molar-refractivity contribution is -0.120. The van der Waals surface area contributed by atoms with Gasteiger partial charge in [0.05, 0.1) is 12.6 Å². The van der Waals surface area contributed by atoms with Crippen LogP contribution < -0.4 is 5.32 Å². The number of hydrogen-bond acceptors (Lipinski definition) is 3. The molecule has 0 saturated heterocycles. The van der Waals surface area contributed by atoms with Crippen LogP contribution in [0, 0.1) is 0 Å². The minimum absolute atomic E-state index is 0.0170. The average Bonchev–Trinajstić information content (AvgIpc) is 2.82. The average molecular weight is 261 g/mol. The summed E-state index contributed by atoms with van der Waals surface area (Å²) in [5, 5.41) is 12.1. The number of rotatable bonds is 4. The topological polar surface area (TPSA) is 66.4 Å². The molecule has 0 radical (unpaired) electrons. The summed E-state index contributed by atoms with van der Waals surface area (Å²) >= 11 is 0. The first-order valence-electron chi connectivity index (χ1n) is 6.62. The van der Waals surface area contributed by atoms with E-state index >= 15 is 0 Å². The van der Waals surface area contributed by atoms with Gasteiger partial charge in [-0.15, -0.1) is 0 Å². The number of aliphatic hydroxyl groups is 1. The van der Waals surface area contributed by atoms with Gasteiger partial charge >= 0.3 is 0 Å². The summed E-state index contributed by atoms with van der Waals surface area (Å²) in [6, 6.07) is 7.19. The Morgan fingerprint density at radius 3 is 2.89 bits per heavy atom. The highest BCUT2D eigenvalue weighted by molar-refractivity contribution is 5.87. The zero-order chi connectivity index (χ0) is 13.8. The van der Waals surface area contributed by atoms with Crippen molar-refractivity contribution in [2.24, 2.45) is 0 Å². The van der Waals surface area contributed by atoms with Crippen LogP contribution in [0.1, 0.15) is 49.3 Å². The minimum atomic E-state index is -0.408. The Labute approximate surface area is 112 Å². The smallest absolute Gasteiger partial charge is 0.217 e. The van der Waals surface area contributed by atoms with E-state index in [4.69, 9.17) is 0 Å². The van der Waals surface area contributed by atoms with Crippen molar-refractivity contribution in [3.8, 4) is 0 Å². The van der Waals surface area contributed by atoms with E-state index in [0.29, 0.717) is 6.42 Å². The van der Waals surface area contributed by atoms with Crippen molar-refractivity contribution in [2.75, 3.05) is 6.61 Å². The van der Waals surface area contributed by atoms with Gasteiger partial charge in [-0.3, -0.25) is 9.59 Å². The number of benzene rings is 1. The first-order chi connectivity index (χ1) is 9.11. The van der Waals surface area contributed by atoms with Crippen LogP contribution in [0.3, 0.4) is 0 Å². The molecule has 0 aromatic heterocycles. The molecule has 0 heterocycles. The van der Waals surface area contributed by atoms with E-state index in [2.05, 4.69) is 5.32 Å². The van der Waals surface area contributed by atoms with Gasteiger partial charge in [-0.25, -0.2) is 0 Å². The first kappa shape index (κ1) is 13.7. The molecule has 1 fully saturated rings. The molecule has 4 nitrogen and oxygen atoms in total. The molecular formula is C15H19NO3. The van der Waals surface area contributed by atoms with Gasteiger partial charge in [0, 0.05) is 19.3 Å². The maximum Gasteiger partial charge on any atom is 0.217 e. The summed E-state index contributed by atoms with van der Waals surface area (Å²) in [4.78, 5) is 22.9. The molecule has 2 N–H and O–H groups in total. The Hall–Kier alpha value is -1.68. The summed E-state index contributed by atoms with van der Waals surface area (Å²) in [5.41, 5.74) is 1.83. The second-order valence-electron chi connectivity index (χ2n) is 5.02. The summed E-state index contributed by atoms with van der Waals surface area (Å²) in [6.45, 7) is 1.27. The predicted octanol–water partition coefficient (Wildman–Crippen LogP) is 1.69. The zero-order valence-electron chi connectivity index (χ0n) is 11.1. The van der Waals surface area contributed by atoms with Crippen LogP contribution in [0.4, 0.5) is 0 Å². The molecule has 1 aromatic carbocycles. The normalized spacial score (nSPS) is 20.3. The fourth-order valence-electron chi connectivity index (χ4n) is 2.64. The summed E-state index contributed by atoms with van der Waals surface area (Å²) in [5.74, 6) is 0.0928. The molecule has 0 aliphatic heterocycles. The highest BCUT2D eigenvalue weighted by Crippen LogP contribution is 2.32. The number of Topliss-reactive ketones (excluding diaryl/α,β-unsaturated/α-hetero) is 1. The molecule has 1 saturated carbocycles. The molecule has 0 bridgehead atoms. The van der Waals surface area contributed by atoms with Crippen molar-refractivity contribution < 1.29 is 14.7 Å². The third-order valence-electron chi connectivity index (χ3n) is 3.58. The molecule has 1 aliphatic rings. The lowest BCUT2D eigenvalue weighted by atomic mass is 9.93. The Kier molecular flexibility index (Phi) is 4.32. The fourth-order valence-corrected chi connectivity index (χ4v) is 2.64. The Balaban J connectivity index is 2.22. The Morgan fingerprint density at radius 2 is 2.32 bits per heavy atom. The van der Waals surface area contributed by atoms with Crippen molar-refractivity contribution in [3.05, 3.63) is 35.4 Å². The van der Waals surface area contributed by atoms with Gasteiger partial charge in [-0.1, -0.05) is 24.3 Å². The lowest BCUT2D eigenvalue weighted by Crippen LogP contribution is -2.28. The van der Waals surface area contributed by atoms with Crippen LogP contribution in [0.25, 0.3) is 0 Å². The number of nitrogens with one attached hydrogen (secondary N) is 1. The van der Waals surface area contributed by atoms with E-state index in [1.165, 1.54) is 6.92 Å². The molecule has 102 valence electrons. The van der Waals surface area contributed by atoms with E-state index in [1.807, 2.05) is 24.3 Å². The number of carbonyl (C=O) groups is 2. The number of ketones is 1. The first-order valence-corrected chi connectivity index (χ1v) is 6.62. The SMILES string of the molecule is CC(=O)N[C@H](CO)c1cccc(C2CCCC2=O)c1. The van der Waals surface area contributed by atoms with Crippen molar-refractivity contribution in [1.29, 1.82) is 0 Å². The maximum absolute atomic E-state index is 11.8. The quantitative estimate of drug-likeness (QED) is 0.866. The number of carbonyl (C=O) groups excluding carboxylic acids is 2. The van der Waals surface area contributed by atoms with E-state index in [0.717, 1.165) is 24.0 Å². The third-order valence-corrected chi connectivity index (χ3v) is 3.58. The fraction of sp³-hybridized carbons (Fsp3) is 0.467. The van der Waals surface area contributed by atoms with Crippen LogP contribution in [0.5, 0.6) is 0 Å². The molecule has 2 rings (SSSR count). The van der Waals surface area contributed by atoms with Crippen LogP contribution in [-0.4, -0.2) is 23.4 Å². The minimum Gasteiger partial charge on any atom is -0.394 e. The molecule has 0 spiro atoms. The largest absolute Gasteiger partial charge is 0.394 e. The highest BCUT2D eigenvalue weighted by atomic mass is 16.3. The second kappa shape index (κ2) is 5.97. The van der Waals surface area contributed by atoms with E-state index < -0.39 is 6.04 Å². The van der Waals surface area contributed by atoms with Crippen molar-refractivity contribution in [3.63, 3.8) is 0 Å². The standard InChI is InChI=1S/C15H19NO3/c1-10(18)16-14(9-17)12-5-2-4-11(8-12)13-6-3-7-15(13)19/h2,4-5,8,13-14,17H,3,6-7,9H2,1H3,(H,16,18)/t13?,14-/m1/s1. The summed E-state index contributed by atoms with van der Waals surface area (Å²) in [6.07, 6.45) is 2.50. The van der Waals surface area contributed by atoms with Crippen molar-refractivity contribution in [2.45, 2.75) is 38.1 Å². The molecule has 2 atom stereocenters. The van der Waals surface area contributed by atoms with Gasteiger partial charge < -0.3 is 10.4 Å². The van der Waals surface area contributed by atoms with Gasteiger partial charge in [-0.2, -0.15) is 0 Å². The number of aliphatic hydroxyl groups excluding tert-OH is 1. The van der Waals surface area contributed by atoms with E-state index in [-0.39, 0.29) is 24.2 Å². The molecule has 1 unspecified atom stereocenters. The molecule has 1 amide bonds. The predicted molar refractivity (Wildman–Crippen MR) is 71.7 cm³/mol. The molecule has 19 heavy (non-hydrogen) atoms. The Bertz CT molecular complexity index is 484. The Morgan fingerprint density at radius 1 is 1.53 bits per heavy atom. The van der Waals surface area contributed by atoms with Gasteiger partial charge in [-0.05, 0) is 24.0 Å².